The quantitative estimate of drug-likeness (QED) is 0.0199. The van der Waals surface area contributed by atoms with Crippen molar-refractivity contribution in [2.75, 3.05) is 20.1 Å². The molecule has 0 aromatic heterocycles. The molecule has 10 amide bonds. The lowest BCUT2D eigenvalue weighted by molar-refractivity contribution is -0.145. The first-order chi connectivity index (χ1) is 35.4. The molecule has 1 aliphatic heterocycles. The van der Waals surface area contributed by atoms with Gasteiger partial charge in [-0.15, -0.1) is 0 Å². The van der Waals surface area contributed by atoms with Crippen LogP contribution in [0.15, 0.2) is 65.7 Å². The fraction of sp³-hybridized carbons (Fsp3) is 0.540. The van der Waals surface area contributed by atoms with Crippen LogP contribution in [-0.4, -0.2) is 155 Å². The number of hydrogen-bond acceptors (Lipinski definition) is 13. The summed E-state index contributed by atoms with van der Waals surface area (Å²) in [5.41, 5.74) is 34.8. The minimum Gasteiger partial charge on any atom is -0.391 e. The molecule has 2 aromatic carbocycles. The van der Waals surface area contributed by atoms with Crippen LogP contribution in [0.25, 0.3) is 0 Å². The molecular formula is C50H76N14O11. The van der Waals surface area contributed by atoms with E-state index in [1.54, 1.807) is 60.7 Å². The number of carbonyl (C=O) groups is 10. The van der Waals surface area contributed by atoms with E-state index >= 15 is 0 Å². The van der Waals surface area contributed by atoms with Crippen LogP contribution in [0.1, 0.15) is 89.7 Å². The number of nitrogens with zero attached hydrogens (tertiary/aromatic N) is 3. The Morgan fingerprint density at radius 2 is 1.17 bits per heavy atom. The summed E-state index contributed by atoms with van der Waals surface area (Å²) >= 11 is 0. The summed E-state index contributed by atoms with van der Waals surface area (Å²) < 4.78 is 0. The van der Waals surface area contributed by atoms with E-state index in [0.717, 1.165) is 4.90 Å². The van der Waals surface area contributed by atoms with Crippen molar-refractivity contribution < 1.29 is 53.1 Å². The molecule has 1 saturated heterocycles. The van der Waals surface area contributed by atoms with Gasteiger partial charge >= 0.3 is 0 Å². The van der Waals surface area contributed by atoms with Crippen LogP contribution in [0.5, 0.6) is 0 Å². The molecule has 1 fully saturated rings. The molecule has 2 aromatic rings. The highest BCUT2D eigenvalue weighted by molar-refractivity contribution is 5.98. The molecular weight excluding hydrogens is 973 g/mol. The number of amides is 10. The van der Waals surface area contributed by atoms with E-state index in [2.05, 4.69) is 31.6 Å². The van der Waals surface area contributed by atoms with Crippen molar-refractivity contribution in [1.82, 2.24) is 36.4 Å². The van der Waals surface area contributed by atoms with Gasteiger partial charge in [-0.1, -0.05) is 74.5 Å². The van der Waals surface area contributed by atoms with Gasteiger partial charge < -0.3 is 75.9 Å². The fourth-order valence-corrected chi connectivity index (χ4v) is 8.35. The summed E-state index contributed by atoms with van der Waals surface area (Å²) in [5, 5.41) is 23.0. The molecule has 1 heterocycles. The summed E-state index contributed by atoms with van der Waals surface area (Å²) in [5.74, 6) is -8.45. The second-order valence-corrected chi connectivity index (χ2v) is 19.1. The third-order valence-corrected chi connectivity index (χ3v) is 12.5. The number of aliphatic hydroxyl groups is 1. The van der Waals surface area contributed by atoms with Crippen LogP contribution in [0.4, 0.5) is 0 Å². The first-order valence-corrected chi connectivity index (χ1v) is 24.9. The largest absolute Gasteiger partial charge is 0.391 e. The Kier molecular flexibility index (Phi) is 25.1. The highest BCUT2D eigenvalue weighted by Crippen LogP contribution is 2.22. The first kappa shape index (κ1) is 61.6. The van der Waals surface area contributed by atoms with E-state index in [9.17, 15) is 53.1 Å². The van der Waals surface area contributed by atoms with Gasteiger partial charge in [0.2, 0.25) is 59.1 Å². The normalized spacial score (nSPS) is 16.3. The van der Waals surface area contributed by atoms with E-state index in [-0.39, 0.29) is 89.2 Å². The molecule has 75 heavy (non-hydrogen) atoms. The molecule has 9 atom stereocenters. The number of primary amides is 3. The Balaban J connectivity index is 1.93. The third kappa shape index (κ3) is 20.6. The molecule has 25 heteroatoms. The lowest BCUT2D eigenvalue weighted by Gasteiger charge is -2.34. The Bertz CT molecular complexity index is 2320. The van der Waals surface area contributed by atoms with Crippen LogP contribution in [0.2, 0.25) is 0 Å². The van der Waals surface area contributed by atoms with E-state index in [1.807, 2.05) is 13.8 Å². The lowest BCUT2D eigenvalue weighted by Crippen LogP contribution is -2.60. The molecule has 1 aliphatic rings. The molecule has 412 valence electrons. The zero-order valence-corrected chi connectivity index (χ0v) is 43.1. The van der Waals surface area contributed by atoms with Crippen LogP contribution in [0.3, 0.4) is 0 Å². The number of guanidine groups is 1. The van der Waals surface area contributed by atoms with Crippen LogP contribution >= 0.6 is 0 Å². The fourth-order valence-electron chi connectivity index (χ4n) is 8.35. The molecule has 0 saturated carbocycles. The van der Waals surface area contributed by atoms with Gasteiger partial charge in [0, 0.05) is 45.8 Å². The molecule has 3 rings (SSSR count). The van der Waals surface area contributed by atoms with Gasteiger partial charge in [0.1, 0.15) is 48.3 Å². The van der Waals surface area contributed by atoms with Crippen LogP contribution in [0, 0.1) is 5.92 Å². The maximum absolute atomic E-state index is 14.6. The number of aliphatic imine (C=N–C) groups is 1. The number of nitrogens with one attached hydrogen (secondary N) is 5. The van der Waals surface area contributed by atoms with Crippen molar-refractivity contribution in [2.24, 2.45) is 45.3 Å². The minimum absolute atomic E-state index is 0.00291. The number of likely N-dealkylation sites (N-methyl/N-ethyl adjacent to an activating group) is 1. The number of benzene rings is 2. The molecule has 0 radical (unpaired) electrons. The summed E-state index contributed by atoms with van der Waals surface area (Å²) in [6.07, 6.45) is -2.09. The average Bonchev–Trinajstić information content (AvgIpc) is 3.86. The second-order valence-electron chi connectivity index (χ2n) is 19.1. The maximum Gasteiger partial charge on any atom is 0.245 e. The van der Waals surface area contributed by atoms with Gasteiger partial charge in [0.15, 0.2) is 5.96 Å². The highest BCUT2D eigenvalue weighted by atomic mass is 16.3. The number of aliphatic hydroxyl groups excluding tert-OH is 1. The molecule has 18 N–H and O–H groups in total. The Labute approximate surface area is 436 Å². The van der Waals surface area contributed by atoms with Gasteiger partial charge in [-0.25, -0.2) is 0 Å². The first-order valence-electron chi connectivity index (χ1n) is 24.9. The molecule has 0 unspecified atom stereocenters. The van der Waals surface area contributed by atoms with Gasteiger partial charge in [-0.2, -0.15) is 0 Å². The zero-order valence-electron chi connectivity index (χ0n) is 43.1. The zero-order chi connectivity index (χ0) is 55.9. The van der Waals surface area contributed by atoms with Crippen LogP contribution in [-0.2, 0) is 60.8 Å². The van der Waals surface area contributed by atoms with Gasteiger partial charge in [-0.3, -0.25) is 52.9 Å². The van der Waals surface area contributed by atoms with Crippen molar-refractivity contribution >= 4 is 65.0 Å². The van der Waals surface area contributed by atoms with E-state index in [1.165, 1.54) is 18.9 Å². The molecule has 0 bridgehead atoms. The van der Waals surface area contributed by atoms with E-state index < -0.39 is 120 Å². The topological polar surface area (TPSA) is 426 Å². The van der Waals surface area contributed by atoms with Crippen molar-refractivity contribution in [2.45, 2.75) is 146 Å². The number of carbonyl (C=O) groups excluding carboxylic acids is 10. The Hall–Kier alpha value is -7.67. The number of likely N-dealkylation sites (tertiary alicyclic amines) is 1. The molecule has 25 nitrogen and oxygen atoms in total. The number of nitrogens with two attached hydrogens (primary N) is 6. The van der Waals surface area contributed by atoms with E-state index in [4.69, 9.17) is 34.4 Å². The molecule has 0 aliphatic carbocycles. The highest BCUT2D eigenvalue weighted by Gasteiger charge is 2.41. The standard InChI is InChI=1S/C50H76N14O11/c1-28(2)25-36(62-47(73)41(53)29(3)65)48(74)63(4)38(27-31-15-9-6-10-16-31)46(72)60-34(20-22-40(52)67)49(75)64-24-12-18-37(64)45(71)59-33(19-21-39(51)66)44(70)58-32(17-11-23-57-50(55)56)43(69)61-35(42(54)68)26-30-13-7-5-8-14-30/h5-10,13-16,28-29,32-38,41,65H,11-12,17-27,53H2,1-4H3,(H2,51,66)(H2,52,67)(H2,54,68)(H,58,70)(H,59,71)(H,60,72)(H,61,69)(H,62,73)(H4,55,56,57)/t29-,32+,33+,34+,35+,36+,37+,38+,41+/m1/s1. The predicted octanol–water partition coefficient (Wildman–Crippen LogP) is -3.46. The van der Waals surface area contributed by atoms with Gasteiger partial charge in [0.05, 0.1) is 6.10 Å². The van der Waals surface area contributed by atoms with Crippen molar-refractivity contribution in [3.8, 4) is 0 Å². The van der Waals surface area contributed by atoms with Crippen molar-refractivity contribution in [1.29, 1.82) is 0 Å². The summed E-state index contributed by atoms with van der Waals surface area (Å²) in [6, 6.07) is 6.78. The molecule has 0 spiro atoms. The summed E-state index contributed by atoms with van der Waals surface area (Å²) in [7, 11) is 1.36. The average molecular weight is 1050 g/mol. The van der Waals surface area contributed by atoms with Crippen LogP contribution < -0.4 is 61.0 Å². The van der Waals surface area contributed by atoms with Gasteiger partial charge in [-0.05, 0) is 68.9 Å². The maximum atomic E-state index is 14.6. The lowest BCUT2D eigenvalue weighted by atomic mass is 9.98. The van der Waals surface area contributed by atoms with Crippen molar-refractivity contribution in [3.63, 3.8) is 0 Å². The minimum atomic E-state index is -1.50. The van der Waals surface area contributed by atoms with E-state index in [0.29, 0.717) is 11.1 Å². The third-order valence-electron chi connectivity index (χ3n) is 12.5. The number of rotatable bonds is 31. The second kappa shape index (κ2) is 30.5. The summed E-state index contributed by atoms with van der Waals surface area (Å²) in [4.78, 5) is 142. The number of hydrogen-bond donors (Lipinski definition) is 12. The van der Waals surface area contributed by atoms with Crippen molar-refractivity contribution in [3.05, 3.63) is 71.8 Å². The SMILES string of the molecule is CC(C)C[C@H](NC(=O)[C@@H](N)[C@@H](C)O)C(=O)N(C)[C@@H](Cc1ccccc1)C(=O)N[C@@H](CCC(N)=O)C(=O)N1CCC[C@H]1C(=O)N[C@@H](CCC(N)=O)C(=O)N[C@@H](CCCN=C(N)N)C(=O)N[C@@H](Cc1ccccc1)C(N)=O. The Morgan fingerprint density at radius 1 is 0.667 bits per heavy atom. The smallest absolute Gasteiger partial charge is 0.245 e. The monoisotopic (exact) mass is 1050 g/mol. The Morgan fingerprint density at radius 3 is 1.69 bits per heavy atom. The summed E-state index contributed by atoms with van der Waals surface area (Å²) in [6.45, 7) is 5.02. The predicted molar refractivity (Wildman–Crippen MR) is 276 cm³/mol. The van der Waals surface area contributed by atoms with Gasteiger partial charge in [0.25, 0.3) is 0 Å².